The van der Waals surface area contributed by atoms with Crippen LogP contribution in [0.1, 0.15) is 24.0 Å². The molecule has 1 aliphatic heterocycles. The second kappa shape index (κ2) is 7.55. The van der Waals surface area contributed by atoms with Gasteiger partial charge in [0.15, 0.2) is 0 Å². The topological polar surface area (TPSA) is 44.5 Å². The number of hydrogen-bond donors (Lipinski definition) is 1. The van der Waals surface area contributed by atoms with E-state index in [1.807, 2.05) is 6.07 Å². The van der Waals surface area contributed by atoms with Crippen LogP contribution in [0.2, 0.25) is 0 Å². The van der Waals surface area contributed by atoms with Crippen LogP contribution in [0.15, 0.2) is 18.2 Å². The van der Waals surface area contributed by atoms with E-state index < -0.39 is 13.0 Å². The molecule has 0 saturated heterocycles. The first-order valence-corrected chi connectivity index (χ1v) is 7.01. The quantitative estimate of drug-likeness (QED) is 0.747. The minimum atomic E-state index is -2.40. The smallest absolute Gasteiger partial charge is 0.261 e. The Labute approximate surface area is 118 Å². The van der Waals surface area contributed by atoms with E-state index in [-0.39, 0.29) is 6.04 Å². The van der Waals surface area contributed by atoms with Crippen LogP contribution in [-0.2, 0) is 17.6 Å². The van der Waals surface area contributed by atoms with Crippen molar-refractivity contribution in [3.8, 4) is 5.75 Å². The molecule has 0 saturated carbocycles. The third kappa shape index (κ3) is 4.72. The summed E-state index contributed by atoms with van der Waals surface area (Å²) in [6.45, 7) is 0.556. The van der Waals surface area contributed by atoms with Crippen molar-refractivity contribution in [3.05, 3.63) is 29.3 Å². The van der Waals surface area contributed by atoms with Crippen molar-refractivity contribution in [2.45, 2.75) is 38.2 Å². The van der Waals surface area contributed by atoms with E-state index in [0.717, 1.165) is 31.6 Å². The molecule has 1 aliphatic rings. The van der Waals surface area contributed by atoms with Gasteiger partial charge in [0.05, 0.1) is 6.61 Å². The maximum Gasteiger partial charge on any atom is 0.261 e. The molecular weight excluding hydrogens is 264 g/mol. The number of aryl methyl sites for hydroxylation is 1. The molecule has 20 heavy (non-hydrogen) atoms. The van der Waals surface area contributed by atoms with Crippen LogP contribution in [0.5, 0.6) is 5.75 Å². The molecule has 1 atom stereocenters. The highest BCUT2D eigenvalue weighted by atomic mass is 19.3. The average Bonchev–Trinajstić information content (AvgIpc) is 2.88. The van der Waals surface area contributed by atoms with Gasteiger partial charge in [0.2, 0.25) is 0 Å². The van der Waals surface area contributed by atoms with Crippen LogP contribution in [0.4, 0.5) is 8.78 Å². The van der Waals surface area contributed by atoms with Crippen LogP contribution in [0.25, 0.3) is 0 Å². The fraction of sp³-hybridized carbons (Fsp3) is 0.600. The first-order valence-electron chi connectivity index (χ1n) is 7.01. The van der Waals surface area contributed by atoms with Crippen molar-refractivity contribution in [2.24, 2.45) is 5.73 Å². The van der Waals surface area contributed by atoms with Gasteiger partial charge in [-0.15, -0.1) is 0 Å². The molecule has 2 rings (SSSR count). The van der Waals surface area contributed by atoms with Crippen molar-refractivity contribution in [1.29, 1.82) is 0 Å². The monoisotopic (exact) mass is 285 g/mol. The van der Waals surface area contributed by atoms with Crippen LogP contribution < -0.4 is 10.5 Å². The van der Waals surface area contributed by atoms with Crippen molar-refractivity contribution >= 4 is 0 Å². The van der Waals surface area contributed by atoms with Gasteiger partial charge in [-0.3, -0.25) is 0 Å². The lowest BCUT2D eigenvalue weighted by Crippen LogP contribution is -2.23. The highest BCUT2D eigenvalue weighted by molar-refractivity contribution is 5.39. The van der Waals surface area contributed by atoms with E-state index >= 15 is 0 Å². The number of alkyl halides is 2. The third-order valence-electron chi connectivity index (χ3n) is 3.43. The lowest BCUT2D eigenvalue weighted by Gasteiger charge is -2.12. The Kier molecular flexibility index (Phi) is 5.73. The maximum atomic E-state index is 11.9. The molecule has 0 spiro atoms. The molecule has 0 amide bonds. The van der Waals surface area contributed by atoms with Crippen LogP contribution in [-0.4, -0.2) is 32.3 Å². The third-order valence-corrected chi connectivity index (χ3v) is 3.43. The number of halogens is 2. The Bertz CT molecular complexity index is 426. The summed E-state index contributed by atoms with van der Waals surface area (Å²) >= 11 is 0. The second-order valence-corrected chi connectivity index (χ2v) is 5.09. The van der Waals surface area contributed by atoms with Gasteiger partial charge in [-0.25, -0.2) is 8.78 Å². The minimum Gasteiger partial charge on any atom is -0.493 e. The van der Waals surface area contributed by atoms with Gasteiger partial charge in [-0.05, 0) is 36.5 Å². The summed E-state index contributed by atoms with van der Waals surface area (Å²) in [5.41, 5.74) is 8.47. The Morgan fingerprint density at radius 3 is 2.95 bits per heavy atom. The maximum absolute atomic E-state index is 11.9. The molecule has 0 aliphatic carbocycles. The lowest BCUT2D eigenvalue weighted by molar-refractivity contribution is 0.0151. The minimum absolute atomic E-state index is 0.0165. The molecule has 5 heteroatoms. The van der Waals surface area contributed by atoms with Gasteiger partial charge in [0, 0.05) is 19.1 Å². The molecule has 0 bridgehead atoms. The van der Waals surface area contributed by atoms with E-state index in [2.05, 4.69) is 12.1 Å². The predicted molar refractivity (Wildman–Crippen MR) is 73.4 cm³/mol. The molecule has 3 nitrogen and oxygen atoms in total. The zero-order chi connectivity index (χ0) is 14.4. The van der Waals surface area contributed by atoms with Crippen LogP contribution >= 0.6 is 0 Å². The zero-order valence-corrected chi connectivity index (χ0v) is 11.5. The van der Waals surface area contributed by atoms with Crippen molar-refractivity contribution in [1.82, 2.24) is 0 Å². The van der Waals surface area contributed by atoms with Crippen molar-refractivity contribution in [2.75, 3.05) is 19.8 Å². The molecule has 112 valence electrons. The lowest BCUT2D eigenvalue weighted by atomic mass is 10.0. The van der Waals surface area contributed by atoms with Gasteiger partial charge < -0.3 is 15.2 Å². The van der Waals surface area contributed by atoms with E-state index in [1.165, 1.54) is 11.1 Å². The summed E-state index contributed by atoms with van der Waals surface area (Å²) in [5, 5.41) is 0. The van der Waals surface area contributed by atoms with Crippen molar-refractivity contribution in [3.63, 3.8) is 0 Å². The Morgan fingerprint density at radius 2 is 2.15 bits per heavy atom. The fourth-order valence-corrected chi connectivity index (χ4v) is 2.30. The predicted octanol–water partition coefficient (Wildman–Crippen LogP) is 2.55. The molecule has 1 unspecified atom stereocenters. The van der Waals surface area contributed by atoms with Gasteiger partial charge >= 0.3 is 0 Å². The largest absolute Gasteiger partial charge is 0.493 e. The molecule has 0 aromatic heterocycles. The highest BCUT2D eigenvalue weighted by Gasteiger charge is 2.12. The zero-order valence-electron chi connectivity index (χ0n) is 11.5. The van der Waals surface area contributed by atoms with Crippen LogP contribution in [0, 0.1) is 0 Å². The standard InChI is InChI=1S/C15H21F2NO2/c16-15(17)10-19-7-6-13(18)3-1-11-2-4-14-12(9-11)5-8-20-14/h2,4,9,13,15H,1,3,5-8,10,18H2. The van der Waals surface area contributed by atoms with Crippen molar-refractivity contribution < 1.29 is 18.3 Å². The summed E-state index contributed by atoms with van der Waals surface area (Å²) < 4.78 is 34.0. The van der Waals surface area contributed by atoms with E-state index in [1.54, 1.807) is 0 Å². The Hall–Kier alpha value is -1.20. The molecule has 1 aromatic carbocycles. The number of fused-ring (bicyclic) bond motifs is 1. The van der Waals surface area contributed by atoms with Gasteiger partial charge in [0.1, 0.15) is 12.4 Å². The molecule has 1 heterocycles. The Balaban J connectivity index is 1.67. The van der Waals surface area contributed by atoms with Crippen LogP contribution in [0.3, 0.4) is 0 Å². The number of benzene rings is 1. The van der Waals surface area contributed by atoms with E-state index in [4.69, 9.17) is 15.2 Å². The molecular formula is C15H21F2NO2. The Morgan fingerprint density at radius 1 is 1.30 bits per heavy atom. The summed E-state index contributed by atoms with van der Waals surface area (Å²) in [4.78, 5) is 0. The summed E-state index contributed by atoms with van der Waals surface area (Å²) in [6.07, 6.45) is 0.901. The summed E-state index contributed by atoms with van der Waals surface area (Å²) in [7, 11) is 0. The van der Waals surface area contributed by atoms with E-state index in [0.29, 0.717) is 13.0 Å². The fourth-order valence-electron chi connectivity index (χ4n) is 2.30. The molecule has 0 fully saturated rings. The molecule has 0 radical (unpaired) electrons. The first-order chi connectivity index (χ1) is 9.65. The molecule has 1 aromatic rings. The molecule has 2 N–H and O–H groups in total. The normalized spacial score (nSPS) is 15.2. The van der Waals surface area contributed by atoms with Gasteiger partial charge in [0.25, 0.3) is 6.43 Å². The SMILES string of the molecule is NC(CCOCC(F)F)CCc1ccc2c(c1)CCO2. The number of ether oxygens (including phenoxy) is 2. The summed E-state index contributed by atoms with van der Waals surface area (Å²) in [6, 6.07) is 6.22. The number of rotatable bonds is 8. The summed E-state index contributed by atoms with van der Waals surface area (Å²) in [5.74, 6) is 0.985. The highest BCUT2D eigenvalue weighted by Crippen LogP contribution is 2.26. The average molecular weight is 285 g/mol. The van der Waals surface area contributed by atoms with E-state index in [9.17, 15) is 8.78 Å². The van der Waals surface area contributed by atoms with Gasteiger partial charge in [-0.1, -0.05) is 12.1 Å². The number of nitrogens with two attached hydrogens (primary N) is 1. The number of hydrogen-bond acceptors (Lipinski definition) is 3. The first kappa shape index (κ1) is 15.2. The van der Waals surface area contributed by atoms with Gasteiger partial charge in [-0.2, -0.15) is 0 Å². The second-order valence-electron chi connectivity index (χ2n) is 5.09.